The third-order valence-corrected chi connectivity index (χ3v) is 3.39. The van der Waals surface area contributed by atoms with E-state index in [1.165, 1.54) is 17.7 Å². The van der Waals surface area contributed by atoms with Gasteiger partial charge in [-0.05, 0) is 17.5 Å². The van der Waals surface area contributed by atoms with E-state index in [0.717, 1.165) is 19.0 Å². The average Bonchev–Trinajstić information content (AvgIpc) is 2.36. The average molecular weight is 248 g/mol. The van der Waals surface area contributed by atoms with E-state index in [1.54, 1.807) is 0 Å². The molecule has 0 saturated heterocycles. The van der Waals surface area contributed by atoms with Gasteiger partial charge >= 0.3 is 0 Å². The Bertz CT molecular complexity index is 347. The number of hydrogen-bond donors (Lipinski definition) is 1. The molecule has 1 atom stereocenters. The van der Waals surface area contributed by atoms with Crippen LogP contribution in [0.25, 0.3) is 0 Å². The van der Waals surface area contributed by atoms with Crippen LogP contribution in [-0.2, 0) is 6.54 Å². The van der Waals surface area contributed by atoms with E-state index < -0.39 is 0 Å². The smallest absolute Gasteiger partial charge is 0.0409 e. The van der Waals surface area contributed by atoms with E-state index in [1.807, 2.05) is 0 Å². The Labute approximate surface area is 112 Å². The van der Waals surface area contributed by atoms with Crippen molar-refractivity contribution < 1.29 is 0 Å². The molecule has 1 rings (SSSR count). The summed E-state index contributed by atoms with van der Waals surface area (Å²) in [5.74, 6) is 0.737. The van der Waals surface area contributed by atoms with Gasteiger partial charge in [0.15, 0.2) is 0 Å². The number of benzene rings is 1. The van der Waals surface area contributed by atoms with Crippen LogP contribution >= 0.6 is 0 Å². The summed E-state index contributed by atoms with van der Waals surface area (Å²) >= 11 is 0. The molecule has 0 fully saturated rings. The van der Waals surface area contributed by atoms with Crippen molar-refractivity contribution in [2.45, 2.75) is 46.7 Å². The first-order chi connectivity index (χ1) is 8.54. The summed E-state index contributed by atoms with van der Waals surface area (Å²) < 4.78 is 0. The molecule has 0 saturated carbocycles. The van der Waals surface area contributed by atoms with Crippen LogP contribution in [0.1, 0.15) is 39.7 Å². The SMILES string of the molecule is CCC(C)CN(C)c1ccccc1CNC(C)C. The first-order valence-electron chi connectivity index (χ1n) is 7.07. The predicted octanol–water partition coefficient (Wildman–Crippen LogP) is 3.67. The minimum absolute atomic E-state index is 0.526. The number of nitrogens with zero attached hydrogens (tertiary/aromatic N) is 1. The largest absolute Gasteiger partial charge is 0.374 e. The van der Waals surface area contributed by atoms with Gasteiger partial charge in [0.05, 0.1) is 0 Å². The summed E-state index contributed by atoms with van der Waals surface area (Å²) in [5, 5.41) is 3.50. The highest BCUT2D eigenvalue weighted by Crippen LogP contribution is 2.20. The van der Waals surface area contributed by atoms with E-state index in [-0.39, 0.29) is 0 Å². The second kappa shape index (κ2) is 7.42. The van der Waals surface area contributed by atoms with E-state index in [9.17, 15) is 0 Å². The molecule has 1 aromatic carbocycles. The zero-order chi connectivity index (χ0) is 13.5. The molecule has 1 aromatic rings. The Balaban J connectivity index is 2.74. The number of anilines is 1. The molecule has 0 bridgehead atoms. The molecule has 0 aliphatic heterocycles. The van der Waals surface area contributed by atoms with Crippen molar-refractivity contribution in [2.24, 2.45) is 5.92 Å². The molecule has 0 aliphatic rings. The molecular formula is C16H28N2. The van der Waals surface area contributed by atoms with E-state index >= 15 is 0 Å². The van der Waals surface area contributed by atoms with Gasteiger partial charge in [0.1, 0.15) is 0 Å². The minimum atomic E-state index is 0.526. The van der Waals surface area contributed by atoms with Crippen LogP contribution < -0.4 is 10.2 Å². The fourth-order valence-corrected chi connectivity index (χ4v) is 2.04. The second-order valence-corrected chi connectivity index (χ2v) is 5.56. The zero-order valence-corrected chi connectivity index (χ0v) is 12.5. The topological polar surface area (TPSA) is 15.3 Å². The van der Waals surface area contributed by atoms with Gasteiger partial charge in [-0.3, -0.25) is 0 Å². The Morgan fingerprint density at radius 3 is 2.44 bits per heavy atom. The van der Waals surface area contributed by atoms with Crippen molar-refractivity contribution in [3.05, 3.63) is 29.8 Å². The van der Waals surface area contributed by atoms with Crippen LogP contribution in [0.15, 0.2) is 24.3 Å². The molecule has 102 valence electrons. The highest BCUT2D eigenvalue weighted by Gasteiger charge is 2.09. The van der Waals surface area contributed by atoms with Crippen molar-refractivity contribution in [3.8, 4) is 0 Å². The summed E-state index contributed by atoms with van der Waals surface area (Å²) in [6.45, 7) is 11.0. The summed E-state index contributed by atoms with van der Waals surface area (Å²) in [7, 11) is 2.19. The normalized spacial score (nSPS) is 12.8. The fraction of sp³-hybridized carbons (Fsp3) is 0.625. The van der Waals surface area contributed by atoms with Gasteiger partial charge in [0, 0.05) is 31.9 Å². The Kier molecular flexibility index (Phi) is 6.20. The quantitative estimate of drug-likeness (QED) is 0.792. The van der Waals surface area contributed by atoms with E-state index in [4.69, 9.17) is 0 Å². The first kappa shape index (κ1) is 15.0. The van der Waals surface area contributed by atoms with Crippen molar-refractivity contribution in [1.29, 1.82) is 0 Å². The molecule has 0 heterocycles. The van der Waals surface area contributed by atoms with Crippen molar-refractivity contribution in [2.75, 3.05) is 18.5 Å². The van der Waals surface area contributed by atoms with Gasteiger partial charge in [-0.2, -0.15) is 0 Å². The molecule has 0 amide bonds. The molecular weight excluding hydrogens is 220 g/mol. The number of rotatable bonds is 7. The van der Waals surface area contributed by atoms with E-state index in [2.05, 4.69) is 69.2 Å². The van der Waals surface area contributed by atoms with Crippen LogP contribution in [-0.4, -0.2) is 19.6 Å². The standard InChI is InChI=1S/C16H28N2/c1-6-14(4)12-18(5)16-10-8-7-9-15(16)11-17-13(2)3/h7-10,13-14,17H,6,11-12H2,1-5H3. The van der Waals surface area contributed by atoms with Gasteiger partial charge in [0.25, 0.3) is 0 Å². The van der Waals surface area contributed by atoms with Crippen molar-refractivity contribution in [1.82, 2.24) is 5.32 Å². The lowest BCUT2D eigenvalue weighted by Gasteiger charge is -2.25. The van der Waals surface area contributed by atoms with Crippen LogP contribution in [0, 0.1) is 5.92 Å². The monoisotopic (exact) mass is 248 g/mol. The van der Waals surface area contributed by atoms with Gasteiger partial charge in [-0.15, -0.1) is 0 Å². The maximum atomic E-state index is 3.50. The molecule has 1 unspecified atom stereocenters. The van der Waals surface area contributed by atoms with Gasteiger partial charge in [-0.25, -0.2) is 0 Å². The third-order valence-electron chi connectivity index (χ3n) is 3.39. The molecule has 1 N–H and O–H groups in total. The van der Waals surface area contributed by atoms with Gasteiger partial charge in [0.2, 0.25) is 0 Å². The predicted molar refractivity (Wildman–Crippen MR) is 81.1 cm³/mol. The van der Waals surface area contributed by atoms with Gasteiger partial charge in [-0.1, -0.05) is 52.3 Å². The fourth-order valence-electron chi connectivity index (χ4n) is 2.04. The summed E-state index contributed by atoms with van der Waals surface area (Å²) in [5.41, 5.74) is 2.74. The molecule has 18 heavy (non-hydrogen) atoms. The second-order valence-electron chi connectivity index (χ2n) is 5.56. The molecule has 0 spiro atoms. The first-order valence-corrected chi connectivity index (χ1v) is 7.07. The number of para-hydroxylation sites is 1. The molecule has 2 nitrogen and oxygen atoms in total. The van der Waals surface area contributed by atoms with Crippen LogP contribution in [0.3, 0.4) is 0 Å². The lowest BCUT2D eigenvalue weighted by molar-refractivity contribution is 0.555. The number of nitrogens with one attached hydrogen (secondary N) is 1. The van der Waals surface area contributed by atoms with Crippen LogP contribution in [0.5, 0.6) is 0 Å². The molecule has 0 radical (unpaired) electrons. The Morgan fingerprint density at radius 1 is 1.17 bits per heavy atom. The third kappa shape index (κ3) is 4.69. The van der Waals surface area contributed by atoms with Crippen molar-refractivity contribution in [3.63, 3.8) is 0 Å². The summed E-state index contributed by atoms with van der Waals surface area (Å²) in [6, 6.07) is 9.22. The number of hydrogen-bond acceptors (Lipinski definition) is 2. The molecule has 0 aromatic heterocycles. The maximum Gasteiger partial charge on any atom is 0.0409 e. The lowest BCUT2D eigenvalue weighted by atomic mass is 10.1. The lowest BCUT2D eigenvalue weighted by Crippen LogP contribution is -2.27. The maximum absolute atomic E-state index is 3.50. The van der Waals surface area contributed by atoms with Crippen LogP contribution in [0.4, 0.5) is 5.69 Å². The Morgan fingerprint density at radius 2 is 1.83 bits per heavy atom. The summed E-state index contributed by atoms with van der Waals surface area (Å²) in [6.07, 6.45) is 1.23. The minimum Gasteiger partial charge on any atom is -0.374 e. The molecule has 2 heteroatoms. The van der Waals surface area contributed by atoms with E-state index in [0.29, 0.717) is 6.04 Å². The van der Waals surface area contributed by atoms with Crippen molar-refractivity contribution >= 4 is 5.69 Å². The van der Waals surface area contributed by atoms with Gasteiger partial charge < -0.3 is 10.2 Å². The highest BCUT2D eigenvalue weighted by molar-refractivity contribution is 5.53. The Hall–Kier alpha value is -1.02. The zero-order valence-electron chi connectivity index (χ0n) is 12.5. The summed E-state index contributed by atoms with van der Waals surface area (Å²) in [4.78, 5) is 2.38. The van der Waals surface area contributed by atoms with Crippen LogP contribution in [0.2, 0.25) is 0 Å². The highest BCUT2D eigenvalue weighted by atomic mass is 15.1. The molecule has 0 aliphatic carbocycles.